The number of likely N-dealkylation sites (N-methyl/N-ethyl adjacent to an activating group) is 1. The maximum atomic E-state index is 13.3. The van der Waals surface area contributed by atoms with E-state index in [1.54, 1.807) is 55.5 Å². The Balaban J connectivity index is 1.17. The molecule has 2 amide bonds. The Morgan fingerprint density at radius 1 is 0.814 bits per heavy atom. The van der Waals surface area contributed by atoms with Crippen LogP contribution in [0, 0.1) is 5.92 Å². The Labute approximate surface area is 339 Å². The molecule has 3 heterocycles. The number of hydrogen-bond donors (Lipinski definition) is 9. The minimum atomic E-state index is -1.59. The van der Waals surface area contributed by atoms with Gasteiger partial charge in [0.25, 0.3) is 0 Å². The van der Waals surface area contributed by atoms with Gasteiger partial charge in [0.15, 0.2) is 18.9 Å². The van der Waals surface area contributed by atoms with Gasteiger partial charge in [-0.3, -0.25) is 0 Å². The number of benzene rings is 2. The number of nitrogens with one attached hydrogen (secondary N) is 3. The summed E-state index contributed by atoms with van der Waals surface area (Å²) in [5.41, 5.74) is 17.0. The zero-order valence-corrected chi connectivity index (χ0v) is 32.5. The molecule has 9 unspecified atom stereocenters. The van der Waals surface area contributed by atoms with Gasteiger partial charge >= 0.3 is 12.2 Å². The summed E-state index contributed by atoms with van der Waals surface area (Å²) in [5.74, 6) is -0.483. The molecule has 4 aliphatic rings. The van der Waals surface area contributed by atoms with Crippen LogP contribution >= 0.6 is 0 Å². The van der Waals surface area contributed by atoms with E-state index < -0.39 is 123 Å². The van der Waals surface area contributed by atoms with Crippen LogP contribution in [0.1, 0.15) is 30.9 Å². The highest BCUT2D eigenvalue weighted by atomic mass is 16.8. The molecular formula is C38H53N7O14. The van der Waals surface area contributed by atoms with Crippen molar-refractivity contribution in [2.45, 2.75) is 131 Å². The van der Waals surface area contributed by atoms with Crippen molar-refractivity contribution >= 4 is 12.2 Å². The first-order valence-electron chi connectivity index (χ1n) is 19.4. The normalized spacial score (nSPS) is 38.2. The van der Waals surface area contributed by atoms with Crippen molar-refractivity contribution in [3.8, 4) is 0 Å². The summed E-state index contributed by atoms with van der Waals surface area (Å²) in [6, 6.07) is 12.4. The zero-order valence-electron chi connectivity index (χ0n) is 32.5. The molecule has 0 radical (unpaired) electrons. The topological polar surface area (TPSA) is 311 Å². The lowest BCUT2D eigenvalue weighted by molar-refractivity contribution is -0.375. The number of nitrogens with zero attached hydrogens (tertiary/aromatic N) is 3. The van der Waals surface area contributed by atoms with Crippen molar-refractivity contribution in [2.75, 3.05) is 13.7 Å². The highest BCUT2D eigenvalue weighted by Crippen LogP contribution is 2.38. The standard InChI is InChI=1S/C38H53N7O14/c1-18-13-23-33(30(49)27(41-2)35(55-23)59-36-31(50)29(48)25(39)24(15-46)56-36)58-34(18)57-32-22(43-38(52)54-17-20-11-7-4-8-12-20)14-21(28(47)26(32)44-45-40)42-37(51)53-16-19-9-5-3-6-10-19/h3-12,18,21-36,41,46-50H,13-17,39H2,1-2H3,(H,42,51)(H,43,52)/t18?,21-,22?,23+,24?,25-,26-,27?,28?,29+,30?,31?,32-,33?,34+,35?,36-/m1/s1. The van der Waals surface area contributed by atoms with Gasteiger partial charge in [0.1, 0.15) is 43.7 Å². The van der Waals surface area contributed by atoms with E-state index in [2.05, 4.69) is 26.0 Å². The van der Waals surface area contributed by atoms with E-state index in [9.17, 15) is 40.7 Å². The van der Waals surface area contributed by atoms with E-state index >= 15 is 0 Å². The summed E-state index contributed by atoms with van der Waals surface area (Å²) in [5, 5.41) is 66.1. The molecule has 59 heavy (non-hydrogen) atoms. The summed E-state index contributed by atoms with van der Waals surface area (Å²) in [6.45, 7) is 1.11. The van der Waals surface area contributed by atoms with Gasteiger partial charge < -0.3 is 80.4 Å². The lowest BCUT2D eigenvalue weighted by Crippen LogP contribution is -2.69. The number of aliphatic hydroxyl groups excluding tert-OH is 5. The molecule has 1 saturated carbocycles. The molecule has 2 aromatic rings. The third kappa shape index (κ3) is 10.6. The summed E-state index contributed by atoms with van der Waals surface area (Å²) >= 11 is 0. The third-order valence-corrected chi connectivity index (χ3v) is 11.1. The summed E-state index contributed by atoms with van der Waals surface area (Å²) in [6.07, 6.45) is -15.4. The van der Waals surface area contributed by atoms with Crippen LogP contribution in [0.3, 0.4) is 0 Å². The Morgan fingerprint density at radius 3 is 2.00 bits per heavy atom. The lowest BCUT2D eigenvalue weighted by Gasteiger charge is -2.52. The van der Waals surface area contributed by atoms with Gasteiger partial charge in [-0.1, -0.05) is 72.7 Å². The first kappa shape index (κ1) is 44.4. The summed E-state index contributed by atoms with van der Waals surface area (Å²) in [7, 11) is 1.54. The van der Waals surface area contributed by atoms with Crippen molar-refractivity contribution in [1.82, 2.24) is 16.0 Å². The van der Waals surface area contributed by atoms with Crippen LogP contribution in [0.15, 0.2) is 65.8 Å². The van der Waals surface area contributed by atoms with Crippen molar-refractivity contribution in [1.29, 1.82) is 0 Å². The van der Waals surface area contributed by atoms with Crippen LogP contribution in [-0.4, -0.2) is 149 Å². The average molecular weight is 832 g/mol. The van der Waals surface area contributed by atoms with E-state index in [-0.39, 0.29) is 26.1 Å². The first-order chi connectivity index (χ1) is 28.4. The molecule has 0 spiro atoms. The second kappa shape index (κ2) is 20.4. The molecule has 10 N–H and O–H groups in total. The van der Waals surface area contributed by atoms with E-state index in [0.29, 0.717) is 0 Å². The fourth-order valence-corrected chi connectivity index (χ4v) is 7.85. The van der Waals surface area contributed by atoms with Gasteiger partial charge in [0.2, 0.25) is 0 Å². The van der Waals surface area contributed by atoms with Gasteiger partial charge in [0, 0.05) is 10.8 Å². The van der Waals surface area contributed by atoms with Crippen molar-refractivity contribution in [3.05, 3.63) is 82.2 Å². The molecule has 3 aliphatic heterocycles. The van der Waals surface area contributed by atoms with E-state index in [4.69, 9.17) is 38.9 Å². The lowest BCUT2D eigenvalue weighted by atomic mass is 9.82. The van der Waals surface area contributed by atoms with Gasteiger partial charge in [-0.15, -0.1) is 0 Å². The smallest absolute Gasteiger partial charge is 0.407 e. The number of rotatable bonds is 13. The number of ether oxygens (including phenoxy) is 7. The quantitative estimate of drug-likeness (QED) is 0.0705. The number of fused-ring (bicyclic) bond motifs is 1. The SMILES string of the molecule is CNC1C(O[C@H]2OC(CO)[C@@H](N)[C@H](O)C2O)O[C@H]2CC(C)[C@@H](O[C@@H]3C(NC(=O)OCc4ccccc4)C[C@@H](NC(=O)OCc4ccccc4)C(O)[C@H]3N=[N+]=[N-])OC2C1O. The van der Waals surface area contributed by atoms with Crippen LogP contribution in [0.2, 0.25) is 0 Å². The number of nitrogens with two attached hydrogens (primary N) is 1. The van der Waals surface area contributed by atoms with Crippen LogP contribution in [0.25, 0.3) is 10.4 Å². The molecule has 0 bridgehead atoms. The molecule has 21 heteroatoms. The predicted molar refractivity (Wildman–Crippen MR) is 202 cm³/mol. The van der Waals surface area contributed by atoms with Gasteiger partial charge in [0.05, 0.1) is 55.1 Å². The van der Waals surface area contributed by atoms with Crippen molar-refractivity contribution in [3.63, 3.8) is 0 Å². The fourth-order valence-electron chi connectivity index (χ4n) is 7.85. The van der Waals surface area contributed by atoms with Crippen LogP contribution in [-0.2, 0) is 46.4 Å². The number of hydrogen-bond acceptors (Lipinski definition) is 17. The molecule has 17 atom stereocenters. The largest absolute Gasteiger partial charge is 0.445 e. The molecule has 0 aromatic heterocycles. The zero-order chi connectivity index (χ0) is 42.2. The number of aliphatic hydroxyl groups is 5. The molecule has 2 aromatic carbocycles. The molecule has 6 rings (SSSR count). The number of carbonyl (C=O) groups is 2. The average Bonchev–Trinajstić information content (AvgIpc) is 3.23. The van der Waals surface area contributed by atoms with E-state index in [1.807, 2.05) is 12.1 Å². The fraction of sp³-hybridized carbons (Fsp3) is 0.632. The Hall–Kier alpha value is -4.19. The summed E-state index contributed by atoms with van der Waals surface area (Å²) in [4.78, 5) is 29.1. The third-order valence-electron chi connectivity index (χ3n) is 11.1. The second-order valence-corrected chi connectivity index (χ2v) is 15.1. The molecule has 324 valence electrons. The molecule has 21 nitrogen and oxygen atoms in total. The van der Waals surface area contributed by atoms with Gasteiger partial charge in [-0.2, -0.15) is 0 Å². The number of amides is 2. The first-order valence-corrected chi connectivity index (χ1v) is 19.4. The van der Waals surface area contributed by atoms with Crippen LogP contribution in [0.5, 0.6) is 0 Å². The van der Waals surface area contributed by atoms with Crippen molar-refractivity contribution in [2.24, 2.45) is 16.8 Å². The van der Waals surface area contributed by atoms with Crippen LogP contribution in [0.4, 0.5) is 9.59 Å². The highest BCUT2D eigenvalue weighted by Gasteiger charge is 2.54. The summed E-state index contributed by atoms with van der Waals surface area (Å²) < 4.78 is 41.5. The molecular weight excluding hydrogens is 778 g/mol. The Bertz CT molecular complexity index is 1710. The highest BCUT2D eigenvalue weighted by molar-refractivity contribution is 5.69. The monoisotopic (exact) mass is 831 g/mol. The van der Waals surface area contributed by atoms with E-state index in [0.717, 1.165) is 11.1 Å². The molecule has 3 saturated heterocycles. The predicted octanol–water partition coefficient (Wildman–Crippen LogP) is -0.387. The second-order valence-electron chi connectivity index (χ2n) is 15.1. The number of alkyl carbamates (subject to hydrolysis) is 2. The maximum absolute atomic E-state index is 13.3. The molecule has 1 aliphatic carbocycles. The van der Waals surface area contributed by atoms with Crippen molar-refractivity contribution < 1.29 is 68.3 Å². The minimum absolute atomic E-state index is 0.0528. The number of azide groups is 1. The maximum Gasteiger partial charge on any atom is 0.407 e. The van der Waals surface area contributed by atoms with Crippen LogP contribution < -0.4 is 21.7 Å². The van der Waals surface area contributed by atoms with E-state index in [1.165, 1.54) is 7.05 Å². The Kier molecular flexibility index (Phi) is 15.3. The Morgan fingerprint density at radius 2 is 1.42 bits per heavy atom. The molecule has 4 fully saturated rings. The minimum Gasteiger partial charge on any atom is -0.445 e. The van der Waals surface area contributed by atoms with Gasteiger partial charge in [-0.25, -0.2) is 9.59 Å². The van der Waals surface area contributed by atoms with Gasteiger partial charge in [-0.05, 0) is 36.5 Å². The number of carbonyl (C=O) groups excluding carboxylic acids is 2.